The zero-order valence-electron chi connectivity index (χ0n) is 10.0. The molecule has 1 aliphatic heterocycles. The van der Waals surface area contributed by atoms with Crippen molar-refractivity contribution in [2.45, 2.75) is 0 Å². The smallest absolute Gasteiger partial charge is 0.328 e. The fourth-order valence-electron chi connectivity index (χ4n) is 1.96. The van der Waals surface area contributed by atoms with Crippen LogP contribution in [0.4, 0.5) is 5.69 Å². The molecule has 0 fully saturated rings. The van der Waals surface area contributed by atoms with Gasteiger partial charge >= 0.3 is 5.69 Å². The van der Waals surface area contributed by atoms with Crippen LogP contribution in [-0.4, -0.2) is 20.9 Å². The number of allylic oxidation sites excluding steroid dienone is 1. The Morgan fingerprint density at radius 2 is 2.26 bits per heavy atom. The molecule has 0 unspecified atom stereocenters. The number of hydrogen-bond donors (Lipinski definition) is 2. The second-order valence-electron chi connectivity index (χ2n) is 4.25. The van der Waals surface area contributed by atoms with Gasteiger partial charge in [0.15, 0.2) is 0 Å². The number of H-pyrrole nitrogens is 1. The van der Waals surface area contributed by atoms with Crippen LogP contribution in [0, 0.1) is 0 Å². The quantitative estimate of drug-likeness (QED) is 0.847. The number of hydrogen-bond acceptors (Lipinski definition) is 3. The number of rotatable bonds is 1. The van der Waals surface area contributed by atoms with Crippen LogP contribution in [0.1, 0.15) is 11.3 Å². The zero-order chi connectivity index (χ0) is 13.6. The molecule has 2 N–H and O–H groups in total. The first-order valence-corrected chi connectivity index (χ1v) is 6.39. The lowest BCUT2D eigenvalue weighted by Gasteiger charge is -2.00. The van der Waals surface area contributed by atoms with Gasteiger partial charge in [-0.2, -0.15) is 0 Å². The summed E-state index contributed by atoms with van der Waals surface area (Å²) in [4.78, 5) is 18.3. The van der Waals surface area contributed by atoms with Crippen LogP contribution in [0.5, 0.6) is 5.88 Å². The molecule has 0 atom stereocenters. The van der Waals surface area contributed by atoms with Gasteiger partial charge in [-0.15, -0.1) is 0 Å². The summed E-state index contributed by atoms with van der Waals surface area (Å²) in [7, 11) is 1.50. The summed E-state index contributed by atoms with van der Waals surface area (Å²) in [6.45, 7) is 0. The molecular formula is C13H10BrN3O2. The number of benzene rings is 1. The van der Waals surface area contributed by atoms with Gasteiger partial charge in [-0.3, -0.25) is 9.56 Å². The number of nitrogens with one attached hydrogen (secondary N) is 1. The Hall–Kier alpha value is -2.08. The largest absolute Gasteiger partial charge is 0.493 e. The highest BCUT2D eigenvalue weighted by molar-refractivity contribution is 9.10. The lowest BCUT2D eigenvalue weighted by Crippen LogP contribution is -2.11. The molecule has 1 aromatic carbocycles. The predicted octanol–water partition coefficient (Wildman–Crippen LogP) is 2.44. The van der Waals surface area contributed by atoms with E-state index in [-0.39, 0.29) is 11.6 Å². The van der Waals surface area contributed by atoms with Crippen molar-refractivity contribution in [3.05, 3.63) is 44.4 Å². The molecule has 2 heterocycles. The summed E-state index contributed by atoms with van der Waals surface area (Å²) in [5.41, 5.74) is 2.69. The van der Waals surface area contributed by atoms with Gasteiger partial charge in [0, 0.05) is 28.9 Å². The van der Waals surface area contributed by atoms with Gasteiger partial charge in [-0.05, 0) is 24.3 Å². The number of nitrogens with zero attached hydrogens (tertiary/aromatic N) is 2. The second-order valence-corrected chi connectivity index (χ2v) is 5.16. The van der Waals surface area contributed by atoms with E-state index in [9.17, 15) is 9.90 Å². The third-order valence-corrected chi connectivity index (χ3v) is 3.51. The number of aromatic amines is 1. The summed E-state index contributed by atoms with van der Waals surface area (Å²) in [5, 5.41) is 9.81. The van der Waals surface area contributed by atoms with E-state index < -0.39 is 0 Å². The maximum Gasteiger partial charge on any atom is 0.328 e. The lowest BCUT2D eigenvalue weighted by molar-refractivity contribution is 0.428. The first-order chi connectivity index (χ1) is 9.06. The predicted molar refractivity (Wildman–Crippen MR) is 77.9 cm³/mol. The molecule has 96 valence electrons. The van der Waals surface area contributed by atoms with E-state index in [0.717, 1.165) is 25.9 Å². The molecule has 0 saturated heterocycles. The Balaban J connectivity index is 2.13. The van der Waals surface area contributed by atoms with Crippen molar-refractivity contribution in [3.63, 3.8) is 0 Å². The van der Waals surface area contributed by atoms with E-state index in [1.54, 1.807) is 12.3 Å². The molecule has 0 aliphatic carbocycles. The zero-order valence-corrected chi connectivity index (χ0v) is 11.6. The van der Waals surface area contributed by atoms with Crippen molar-refractivity contribution >= 4 is 39.5 Å². The third-order valence-electron chi connectivity index (χ3n) is 3.02. The van der Waals surface area contributed by atoms with Crippen LogP contribution in [-0.2, 0) is 7.05 Å². The molecule has 0 bridgehead atoms. The minimum absolute atomic E-state index is 0.0886. The van der Waals surface area contributed by atoms with Crippen molar-refractivity contribution in [2.24, 2.45) is 12.0 Å². The molecule has 0 amide bonds. The molecule has 0 saturated carbocycles. The SMILES string of the molecule is Cn1c(O)c(C=C2C=Nc3ccc(Br)cc32)[nH]c1=O. The van der Waals surface area contributed by atoms with E-state index >= 15 is 0 Å². The standard InChI is InChI=1S/C13H10BrN3O2/c1-17-12(18)11(16-13(17)19)4-7-6-15-10-3-2-8(14)5-9(7)10/h2-6,18H,1H3,(H,16,19). The molecule has 1 aromatic heterocycles. The number of aromatic nitrogens is 2. The lowest BCUT2D eigenvalue weighted by atomic mass is 10.1. The summed E-state index contributed by atoms with van der Waals surface area (Å²) < 4.78 is 2.11. The van der Waals surface area contributed by atoms with Gasteiger partial charge in [-0.25, -0.2) is 4.79 Å². The highest BCUT2D eigenvalue weighted by Gasteiger charge is 2.15. The van der Waals surface area contributed by atoms with Gasteiger partial charge in [0.05, 0.1) is 5.69 Å². The minimum atomic E-state index is -0.353. The van der Waals surface area contributed by atoms with Crippen molar-refractivity contribution in [1.82, 2.24) is 9.55 Å². The molecule has 3 rings (SSSR count). The van der Waals surface area contributed by atoms with Crippen LogP contribution < -0.4 is 5.69 Å². The topological polar surface area (TPSA) is 70.4 Å². The summed E-state index contributed by atoms with van der Waals surface area (Å²) >= 11 is 3.41. The highest BCUT2D eigenvalue weighted by Crippen LogP contribution is 2.35. The minimum Gasteiger partial charge on any atom is -0.493 e. The average Bonchev–Trinajstić information content (AvgIpc) is 2.88. The number of fused-ring (bicyclic) bond motifs is 1. The van der Waals surface area contributed by atoms with Crippen LogP contribution in [0.25, 0.3) is 11.6 Å². The van der Waals surface area contributed by atoms with E-state index in [4.69, 9.17) is 0 Å². The Bertz CT molecular complexity index is 784. The Morgan fingerprint density at radius 3 is 2.95 bits per heavy atom. The monoisotopic (exact) mass is 319 g/mol. The van der Waals surface area contributed by atoms with Crippen molar-refractivity contribution in [2.75, 3.05) is 0 Å². The number of imidazole rings is 1. The maximum atomic E-state index is 11.4. The summed E-state index contributed by atoms with van der Waals surface area (Å²) in [5.74, 6) is -0.0886. The number of aromatic hydroxyl groups is 1. The third kappa shape index (κ3) is 1.94. The maximum absolute atomic E-state index is 11.4. The van der Waals surface area contributed by atoms with Crippen molar-refractivity contribution in [1.29, 1.82) is 0 Å². The summed E-state index contributed by atoms with van der Waals surface area (Å²) in [6, 6.07) is 5.78. The molecule has 0 spiro atoms. The number of halogens is 1. The van der Waals surface area contributed by atoms with Crippen LogP contribution in [0.15, 0.2) is 32.5 Å². The summed E-state index contributed by atoms with van der Waals surface area (Å²) in [6.07, 6.45) is 3.42. The van der Waals surface area contributed by atoms with E-state index in [1.807, 2.05) is 18.2 Å². The molecule has 1 aliphatic rings. The Kier molecular flexibility index (Phi) is 2.67. The van der Waals surface area contributed by atoms with Crippen LogP contribution in [0.2, 0.25) is 0 Å². The second kappa shape index (κ2) is 4.24. The fourth-order valence-corrected chi connectivity index (χ4v) is 2.32. The first kappa shape index (κ1) is 12.0. The normalized spacial score (nSPS) is 15.2. The van der Waals surface area contributed by atoms with Gasteiger partial charge in [0.2, 0.25) is 5.88 Å². The Morgan fingerprint density at radius 1 is 1.47 bits per heavy atom. The van der Waals surface area contributed by atoms with Crippen molar-refractivity contribution in [3.8, 4) is 5.88 Å². The van der Waals surface area contributed by atoms with Crippen molar-refractivity contribution < 1.29 is 5.11 Å². The van der Waals surface area contributed by atoms with Gasteiger partial charge in [-0.1, -0.05) is 15.9 Å². The van der Waals surface area contributed by atoms with E-state index in [1.165, 1.54) is 7.05 Å². The molecule has 0 radical (unpaired) electrons. The Labute approximate surface area is 117 Å². The fraction of sp³-hybridized carbons (Fsp3) is 0.0769. The molecular weight excluding hydrogens is 310 g/mol. The highest BCUT2D eigenvalue weighted by atomic mass is 79.9. The first-order valence-electron chi connectivity index (χ1n) is 5.60. The van der Waals surface area contributed by atoms with E-state index in [0.29, 0.717) is 5.69 Å². The van der Waals surface area contributed by atoms with E-state index in [2.05, 4.69) is 25.9 Å². The molecule has 2 aromatic rings. The molecule has 5 nitrogen and oxygen atoms in total. The van der Waals surface area contributed by atoms with Gasteiger partial charge < -0.3 is 10.1 Å². The van der Waals surface area contributed by atoms with Crippen LogP contribution in [0.3, 0.4) is 0 Å². The van der Waals surface area contributed by atoms with Crippen LogP contribution >= 0.6 is 15.9 Å². The van der Waals surface area contributed by atoms with Gasteiger partial charge in [0.25, 0.3) is 0 Å². The molecule has 19 heavy (non-hydrogen) atoms. The number of aliphatic imine (C=N–C) groups is 1. The molecule has 6 heteroatoms. The van der Waals surface area contributed by atoms with Gasteiger partial charge in [0.1, 0.15) is 5.69 Å². The average molecular weight is 320 g/mol.